The van der Waals surface area contributed by atoms with Crippen LogP contribution in [-0.2, 0) is 35.1 Å². The molecule has 240 valence electrons. The van der Waals surface area contributed by atoms with E-state index in [4.69, 9.17) is 15.2 Å². The van der Waals surface area contributed by atoms with Crippen molar-refractivity contribution >= 4 is 58.1 Å². The number of benzene rings is 1. The van der Waals surface area contributed by atoms with E-state index in [2.05, 4.69) is 0 Å². The number of amides is 1. The summed E-state index contributed by atoms with van der Waals surface area (Å²) in [5.41, 5.74) is 3.56. The van der Waals surface area contributed by atoms with Gasteiger partial charge in [0.15, 0.2) is 11.4 Å². The number of halogens is 1. The van der Waals surface area contributed by atoms with Gasteiger partial charge in [-0.25, -0.2) is 9.59 Å². The molecule has 0 unspecified atom stereocenters. The number of likely N-dealkylation sites (N-methyl/N-ethyl adjacent to an activating group) is 1. The Morgan fingerprint density at radius 3 is 2.31 bits per heavy atom. The first kappa shape index (κ1) is 34.1. The average molecular weight is 735 g/mol. The summed E-state index contributed by atoms with van der Waals surface area (Å²) < 4.78 is 10.4. The second-order valence-corrected chi connectivity index (χ2v) is 12.5. The molecule has 0 aliphatic heterocycles. The minimum absolute atomic E-state index is 0.0196. The van der Waals surface area contributed by atoms with Crippen molar-refractivity contribution in [1.29, 1.82) is 0 Å². The summed E-state index contributed by atoms with van der Waals surface area (Å²) >= 11 is 1.77. The molecule has 0 saturated carbocycles. The summed E-state index contributed by atoms with van der Waals surface area (Å²) in [5.74, 6) is -7.82. The zero-order valence-electron chi connectivity index (χ0n) is 25.5. The van der Waals surface area contributed by atoms with Crippen LogP contribution in [0.2, 0.25) is 0 Å². The molecule has 4 rings (SSSR count). The Morgan fingerprint density at radius 2 is 1.73 bits per heavy atom. The van der Waals surface area contributed by atoms with Crippen molar-refractivity contribution in [2.24, 2.45) is 17.6 Å². The maximum Gasteiger partial charge on any atom is 0.344 e. The van der Waals surface area contributed by atoms with Gasteiger partial charge < -0.3 is 30.5 Å². The number of aliphatic hydroxyl groups is 3. The molecule has 12 nitrogen and oxygen atoms in total. The molecule has 1 aromatic rings. The number of esters is 2. The monoisotopic (exact) mass is 734 g/mol. The van der Waals surface area contributed by atoms with Gasteiger partial charge in [-0.3, -0.25) is 19.3 Å². The standard InChI is InChI=1S/C32H35IN2O10/c1-6-44-30(41)17(13-20(33)31(42)45-7-2)10-15-9-8-14(3)21-18(15)11-16-12-19-24(35(4)5)26(37)23(29(34)40)28(39)32(19,43)27(38)22(16)25(21)36/h8-10,13,16,19,24,37-38,43H,6-7,11-12H2,1-5H3,(H2,34,40)/b17-10-,20-13-/t16-,19-,24-,32-/m0/s1. The molecule has 0 saturated heterocycles. The van der Waals surface area contributed by atoms with Gasteiger partial charge in [-0.2, -0.15) is 0 Å². The number of rotatable bonds is 8. The second kappa shape index (κ2) is 12.9. The zero-order chi connectivity index (χ0) is 33.5. The van der Waals surface area contributed by atoms with Gasteiger partial charge in [-0.05, 0) is 105 Å². The van der Waals surface area contributed by atoms with Crippen molar-refractivity contribution in [3.8, 4) is 0 Å². The van der Waals surface area contributed by atoms with Gasteiger partial charge in [-0.1, -0.05) is 12.1 Å². The largest absolute Gasteiger partial charge is 0.510 e. The summed E-state index contributed by atoms with van der Waals surface area (Å²) in [6, 6.07) is 2.29. The van der Waals surface area contributed by atoms with E-state index in [-0.39, 0.29) is 46.3 Å². The topological polar surface area (TPSA) is 194 Å². The van der Waals surface area contributed by atoms with Crippen molar-refractivity contribution in [2.45, 2.75) is 45.3 Å². The van der Waals surface area contributed by atoms with Gasteiger partial charge in [0, 0.05) is 17.1 Å². The minimum atomic E-state index is -2.68. The van der Waals surface area contributed by atoms with E-state index >= 15 is 0 Å². The highest BCUT2D eigenvalue weighted by Gasteiger charge is 2.63. The van der Waals surface area contributed by atoms with Gasteiger partial charge in [0.1, 0.15) is 17.1 Å². The third-order valence-corrected chi connectivity index (χ3v) is 9.20. The number of primary amides is 1. The Bertz CT molecular complexity index is 1640. The van der Waals surface area contributed by atoms with Crippen LogP contribution in [0.4, 0.5) is 0 Å². The number of carbonyl (C=O) groups excluding carboxylic acids is 5. The number of carbonyl (C=O) groups is 5. The smallest absolute Gasteiger partial charge is 0.344 e. The molecular formula is C32H35IN2O10. The maximum absolute atomic E-state index is 14.1. The number of ether oxygens (including phenoxy) is 2. The van der Waals surface area contributed by atoms with Gasteiger partial charge >= 0.3 is 11.9 Å². The Balaban J connectivity index is 1.92. The van der Waals surface area contributed by atoms with Crippen molar-refractivity contribution in [3.05, 3.63) is 72.3 Å². The second-order valence-electron chi connectivity index (χ2n) is 11.3. The number of hydrogen-bond donors (Lipinski definition) is 4. The Kier molecular flexibility index (Phi) is 9.75. The Morgan fingerprint density at radius 1 is 1.11 bits per heavy atom. The van der Waals surface area contributed by atoms with E-state index in [0.29, 0.717) is 16.7 Å². The van der Waals surface area contributed by atoms with Crippen molar-refractivity contribution in [3.63, 3.8) is 0 Å². The molecule has 1 amide bonds. The molecule has 0 bridgehead atoms. The SMILES string of the molecule is CCOC(=O)/C(I)=C/C(=C/c1ccc(C)c2c1C[C@H]1C[C@H]3[C@H](N(C)C)C(O)=C(C(N)=O)C(=O)[C@@]3(O)C(O)=C1C2=O)C(=O)OCC. The number of aliphatic hydroxyl groups excluding tert-OH is 2. The van der Waals surface area contributed by atoms with Gasteiger partial charge in [0.05, 0.1) is 28.4 Å². The van der Waals surface area contributed by atoms with E-state index in [9.17, 15) is 39.3 Å². The van der Waals surface area contributed by atoms with E-state index in [1.165, 1.54) is 17.1 Å². The molecule has 3 aliphatic carbocycles. The molecule has 13 heteroatoms. The number of nitrogens with zero attached hydrogens (tertiary/aromatic N) is 1. The first-order chi connectivity index (χ1) is 21.1. The maximum atomic E-state index is 14.1. The fourth-order valence-electron chi connectivity index (χ4n) is 6.54. The van der Waals surface area contributed by atoms with Crippen LogP contribution in [0, 0.1) is 18.8 Å². The number of ketones is 2. The lowest BCUT2D eigenvalue weighted by molar-refractivity contribution is -0.148. The molecule has 45 heavy (non-hydrogen) atoms. The number of Topliss-reactive ketones (excluding diaryl/α,β-unsaturated/α-hetero) is 2. The van der Waals surface area contributed by atoms with Crippen LogP contribution in [0.25, 0.3) is 6.08 Å². The molecule has 0 aromatic heterocycles. The van der Waals surface area contributed by atoms with Crippen LogP contribution in [-0.4, -0.2) is 88.6 Å². The summed E-state index contributed by atoms with van der Waals surface area (Å²) in [6.07, 6.45) is 2.99. The van der Waals surface area contributed by atoms with Crippen LogP contribution in [0.5, 0.6) is 0 Å². The van der Waals surface area contributed by atoms with Crippen LogP contribution >= 0.6 is 22.6 Å². The first-order valence-corrected chi connectivity index (χ1v) is 15.4. The predicted molar refractivity (Wildman–Crippen MR) is 170 cm³/mol. The molecule has 0 spiro atoms. The molecule has 3 aliphatic rings. The fraction of sp³-hybridized carbons (Fsp3) is 0.406. The molecule has 0 radical (unpaired) electrons. The van der Waals surface area contributed by atoms with Crippen LogP contribution in [0.3, 0.4) is 0 Å². The van der Waals surface area contributed by atoms with Crippen molar-refractivity contribution in [1.82, 2.24) is 4.90 Å². The third-order valence-electron chi connectivity index (χ3n) is 8.45. The summed E-state index contributed by atoms with van der Waals surface area (Å²) in [7, 11) is 3.14. The van der Waals surface area contributed by atoms with Gasteiger partial charge in [-0.15, -0.1) is 0 Å². The van der Waals surface area contributed by atoms with Gasteiger partial charge in [0.25, 0.3) is 5.91 Å². The Hall–Kier alpha value is -3.82. The summed E-state index contributed by atoms with van der Waals surface area (Å²) in [6.45, 7) is 5.21. The zero-order valence-corrected chi connectivity index (χ0v) is 27.6. The normalized spacial score (nSPS) is 25.1. The van der Waals surface area contributed by atoms with Crippen LogP contribution in [0.1, 0.15) is 47.3 Å². The molecule has 0 fully saturated rings. The van der Waals surface area contributed by atoms with Crippen molar-refractivity contribution in [2.75, 3.05) is 27.3 Å². The highest BCUT2D eigenvalue weighted by atomic mass is 127. The highest BCUT2D eigenvalue weighted by molar-refractivity contribution is 14.1. The van der Waals surface area contributed by atoms with E-state index in [1.54, 1.807) is 69.6 Å². The van der Waals surface area contributed by atoms with E-state index in [1.807, 2.05) is 0 Å². The number of fused-ring (bicyclic) bond motifs is 3. The quantitative estimate of drug-likeness (QED) is 0.101. The number of allylic oxidation sites excluding steroid dienone is 1. The highest BCUT2D eigenvalue weighted by Crippen LogP contribution is 2.52. The number of nitrogens with two attached hydrogens (primary N) is 1. The summed E-state index contributed by atoms with van der Waals surface area (Å²) in [4.78, 5) is 66.5. The Labute approximate surface area is 273 Å². The predicted octanol–water partition coefficient (Wildman–Crippen LogP) is 2.55. The summed E-state index contributed by atoms with van der Waals surface area (Å²) in [5, 5.41) is 34.3. The van der Waals surface area contributed by atoms with Gasteiger partial charge in [0.2, 0.25) is 5.78 Å². The fourth-order valence-corrected chi connectivity index (χ4v) is 7.03. The lowest BCUT2D eigenvalue weighted by atomic mass is 9.58. The van der Waals surface area contributed by atoms with Crippen LogP contribution in [0.15, 0.2) is 50.0 Å². The van der Waals surface area contributed by atoms with Crippen LogP contribution < -0.4 is 5.73 Å². The lowest BCUT2D eigenvalue weighted by Crippen LogP contribution is -2.63. The molecule has 0 heterocycles. The molecule has 4 atom stereocenters. The number of aryl methyl sites for hydroxylation is 1. The minimum Gasteiger partial charge on any atom is -0.510 e. The number of hydrogen-bond acceptors (Lipinski definition) is 11. The molecular weight excluding hydrogens is 699 g/mol. The van der Waals surface area contributed by atoms with E-state index < -0.39 is 70.0 Å². The molecule has 1 aromatic carbocycles. The average Bonchev–Trinajstić information content (AvgIpc) is 2.95. The lowest BCUT2D eigenvalue weighted by Gasteiger charge is -2.50. The third kappa shape index (κ3) is 5.72. The molecule has 5 N–H and O–H groups in total. The van der Waals surface area contributed by atoms with Crippen molar-refractivity contribution < 1.29 is 48.8 Å². The van der Waals surface area contributed by atoms with E-state index in [0.717, 1.165) is 0 Å². The first-order valence-electron chi connectivity index (χ1n) is 14.3.